The molecule has 0 spiro atoms. The molecule has 3 N–H and O–H groups in total. The summed E-state index contributed by atoms with van der Waals surface area (Å²) in [6.45, 7) is 1.23. The average molecular weight is 310 g/mol. The molecule has 1 aromatic heterocycles. The van der Waals surface area contributed by atoms with Crippen LogP contribution in [0.5, 0.6) is 0 Å². The molecule has 0 saturated carbocycles. The van der Waals surface area contributed by atoms with Crippen LogP contribution < -0.4 is 4.72 Å². The number of carboxylic acid groups (broad SMARTS) is 1. The zero-order valence-electron chi connectivity index (χ0n) is 11.1. The van der Waals surface area contributed by atoms with Gasteiger partial charge in [0, 0.05) is 18.1 Å². The maximum absolute atomic E-state index is 12.2. The molecule has 0 saturated heterocycles. The summed E-state index contributed by atoms with van der Waals surface area (Å²) in [5.41, 5.74) is 1.19. The highest BCUT2D eigenvalue weighted by molar-refractivity contribution is 7.89. The number of benzene rings is 1. The summed E-state index contributed by atoms with van der Waals surface area (Å²) >= 11 is 0. The molecule has 0 bridgehead atoms. The third-order valence-electron chi connectivity index (χ3n) is 2.85. The predicted octanol–water partition coefficient (Wildman–Crippen LogP) is 0.267. The van der Waals surface area contributed by atoms with Gasteiger partial charge in [0.1, 0.15) is 4.90 Å². The maximum atomic E-state index is 12.2. The van der Waals surface area contributed by atoms with Gasteiger partial charge < -0.3 is 10.2 Å². The average Bonchev–Trinajstić information content (AvgIpc) is 2.43. The first kappa shape index (κ1) is 15.4. The Morgan fingerprint density at radius 2 is 2.14 bits per heavy atom. The molecule has 0 aliphatic carbocycles. The molecule has 2 aromatic rings. The summed E-state index contributed by atoms with van der Waals surface area (Å²) in [6.07, 6.45) is -0.252. The number of aliphatic hydroxyl groups is 1. The van der Waals surface area contributed by atoms with Crippen molar-refractivity contribution in [1.82, 2.24) is 9.71 Å². The quantitative estimate of drug-likeness (QED) is 0.729. The fourth-order valence-electron chi connectivity index (χ4n) is 1.81. The van der Waals surface area contributed by atoms with Gasteiger partial charge in [-0.25, -0.2) is 17.9 Å². The fourth-order valence-corrected chi connectivity index (χ4v) is 3.03. The van der Waals surface area contributed by atoms with Crippen molar-refractivity contribution in [3.05, 3.63) is 36.0 Å². The molecule has 1 heterocycles. The third-order valence-corrected chi connectivity index (χ3v) is 4.31. The Bertz CT molecular complexity index is 788. The van der Waals surface area contributed by atoms with Gasteiger partial charge in [-0.1, -0.05) is 12.1 Å². The van der Waals surface area contributed by atoms with E-state index in [0.717, 1.165) is 5.56 Å². The number of carbonyl (C=O) groups is 1. The Kier molecular flexibility index (Phi) is 4.21. The molecule has 0 aliphatic rings. The number of para-hydroxylation sites is 1. The number of fused-ring (bicyclic) bond motifs is 1. The van der Waals surface area contributed by atoms with Gasteiger partial charge in [0.25, 0.3) is 0 Å². The normalized spacial score (nSPS) is 13.2. The molecule has 0 fully saturated rings. The number of aliphatic hydroxyl groups excluding tert-OH is 1. The molecule has 0 amide bonds. The summed E-state index contributed by atoms with van der Waals surface area (Å²) < 4.78 is 26.5. The number of hydrogen-bond donors (Lipinski definition) is 3. The predicted molar refractivity (Wildman–Crippen MR) is 75.3 cm³/mol. The molecule has 21 heavy (non-hydrogen) atoms. The van der Waals surface area contributed by atoms with Crippen molar-refractivity contribution in [3.63, 3.8) is 0 Å². The fraction of sp³-hybridized carbons (Fsp3) is 0.231. The van der Waals surface area contributed by atoms with Crippen molar-refractivity contribution in [2.45, 2.75) is 17.9 Å². The number of aromatic nitrogens is 1. The van der Waals surface area contributed by atoms with Gasteiger partial charge in [-0.05, 0) is 24.6 Å². The van der Waals surface area contributed by atoms with Crippen LogP contribution in [0.3, 0.4) is 0 Å². The van der Waals surface area contributed by atoms with E-state index >= 15 is 0 Å². The maximum Gasteiger partial charge on any atom is 0.333 e. The van der Waals surface area contributed by atoms with Gasteiger partial charge in [0.2, 0.25) is 10.0 Å². The van der Waals surface area contributed by atoms with Crippen molar-refractivity contribution in [1.29, 1.82) is 0 Å². The highest BCUT2D eigenvalue weighted by Gasteiger charge is 2.21. The van der Waals surface area contributed by atoms with E-state index in [9.17, 15) is 13.2 Å². The molecule has 112 valence electrons. The van der Waals surface area contributed by atoms with E-state index in [1.165, 1.54) is 6.07 Å². The monoisotopic (exact) mass is 310 g/mol. The van der Waals surface area contributed by atoms with Crippen LogP contribution in [0.15, 0.2) is 35.4 Å². The Morgan fingerprint density at radius 3 is 2.81 bits per heavy atom. The zero-order valence-corrected chi connectivity index (χ0v) is 12.0. The molecule has 0 aliphatic heterocycles. The van der Waals surface area contributed by atoms with E-state index in [-0.39, 0.29) is 4.90 Å². The number of aryl methyl sites for hydroxylation is 1. The standard InChI is InChI=1S/C13H14N2O5S/c1-8-5-9-3-2-4-11(12(9)14-6-8)21(19,20)15-7-10(16)13(17)18/h2-6,10,15-16H,7H2,1H3,(H,17,18)/t10-/m0/s1. The van der Waals surface area contributed by atoms with Crippen molar-refractivity contribution in [2.24, 2.45) is 0 Å². The van der Waals surface area contributed by atoms with Crippen LogP contribution in [-0.4, -0.2) is 42.2 Å². The number of pyridine rings is 1. The number of nitrogens with zero attached hydrogens (tertiary/aromatic N) is 1. The minimum Gasteiger partial charge on any atom is -0.479 e. The number of carboxylic acids is 1. The lowest BCUT2D eigenvalue weighted by molar-refractivity contribution is -0.146. The Hall–Kier alpha value is -2.03. The van der Waals surface area contributed by atoms with Gasteiger partial charge in [-0.2, -0.15) is 0 Å². The smallest absolute Gasteiger partial charge is 0.333 e. The van der Waals surface area contributed by atoms with Crippen LogP contribution in [0.1, 0.15) is 5.56 Å². The van der Waals surface area contributed by atoms with Gasteiger partial charge in [-0.15, -0.1) is 0 Å². The molecule has 1 aromatic carbocycles. The first-order chi connectivity index (χ1) is 9.81. The molecule has 8 heteroatoms. The van der Waals surface area contributed by atoms with E-state index in [2.05, 4.69) is 9.71 Å². The minimum atomic E-state index is -3.96. The van der Waals surface area contributed by atoms with Gasteiger partial charge >= 0.3 is 5.97 Å². The largest absolute Gasteiger partial charge is 0.479 e. The van der Waals surface area contributed by atoms with E-state index < -0.39 is 28.6 Å². The van der Waals surface area contributed by atoms with Gasteiger partial charge in [-0.3, -0.25) is 4.98 Å². The number of hydrogen-bond acceptors (Lipinski definition) is 5. The lowest BCUT2D eigenvalue weighted by Gasteiger charge is -2.10. The molecule has 0 unspecified atom stereocenters. The summed E-state index contributed by atoms with van der Waals surface area (Å²) in [6, 6.07) is 6.49. The third kappa shape index (κ3) is 3.35. The Labute approximate surface area is 121 Å². The molecule has 2 rings (SSSR count). The summed E-state index contributed by atoms with van der Waals surface area (Å²) in [7, 11) is -3.96. The van der Waals surface area contributed by atoms with Crippen LogP contribution in [0.25, 0.3) is 10.9 Å². The second kappa shape index (κ2) is 5.76. The zero-order chi connectivity index (χ0) is 15.6. The van der Waals surface area contributed by atoms with Crippen LogP contribution in [-0.2, 0) is 14.8 Å². The molecule has 0 radical (unpaired) electrons. The van der Waals surface area contributed by atoms with Crippen LogP contribution in [0.2, 0.25) is 0 Å². The van der Waals surface area contributed by atoms with Gasteiger partial charge in [0.15, 0.2) is 6.10 Å². The number of aliphatic carboxylic acids is 1. The van der Waals surface area contributed by atoms with Gasteiger partial charge in [0.05, 0.1) is 5.52 Å². The molecule has 7 nitrogen and oxygen atoms in total. The Balaban J connectivity index is 2.38. The molecule has 1 atom stereocenters. The number of rotatable bonds is 5. The van der Waals surface area contributed by atoms with Crippen molar-refractivity contribution in [3.8, 4) is 0 Å². The summed E-state index contributed by atoms with van der Waals surface area (Å²) in [5, 5.41) is 18.4. The lowest BCUT2D eigenvalue weighted by Crippen LogP contribution is -2.36. The lowest BCUT2D eigenvalue weighted by atomic mass is 10.2. The van der Waals surface area contributed by atoms with E-state index in [1.807, 2.05) is 6.92 Å². The van der Waals surface area contributed by atoms with Crippen molar-refractivity contribution >= 4 is 26.9 Å². The SMILES string of the molecule is Cc1cnc2c(S(=O)(=O)NC[C@H](O)C(=O)O)cccc2c1. The second-order valence-electron chi connectivity index (χ2n) is 4.55. The van der Waals surface area contributed by atoms with Crippen LogP contribution in [0, 0.1) is 6.92 Å². The van der Waals surface area contributed by atoms with E-state index in [4.69, 9.17) is 10.2 Å². The second-order valence-corrected chi connectivity index (χ2v) is 6.28. The molecular formula is C13H14N2O5S. The summed E-state index contributed by atoms with van der Waals surface area (Å²) in [4.78, 5) is 14.6. The minimum absolute atomic E-state index is 0.0578. The van der Waals surface area contributed by atoms with Crippen LogP contribution in [0.4, 0.5) is 0 Å². The highest BCUT2D eigenvalue weighted by atomic mass is 32.2. The van der Waals surface area contributed by atoms with Crippen LogP contribution >= 0.6 is 0 Å². The van der Waals surface area contributed by atoms with Crippen molar-refractivity contribution in [2.75, 3.05) is 6.54 Å². The number of nitrogens with one attached hydrogen (secondary N) is 1. The first-order valence-electron chi connectivity index (χ1n) is 6.07. The molecular weight excluding hydrogens is 296 g/mol. The number of sulfonamides is 1. The van der Waals surface area contributed by atoms with E-state index in [1.54, 1.807) is 24.4 Å². The first-order valence-corrected chi connectivity index (χ1v) is 7.55. The topological polar surface area (TPSA) is 117 Å². The summed E-state index contributed by atoms with van der Waals surface area (Å²) in [5.74, 6) is -1.50. The highest BCUT2D eigenvalue weighted by Crippen LogP contribution is 2.21. The Morgan fingerprint density at radius 1 is 1.43 bits per heavy atom. The van der Waals surface area contributed by atoms with Crippen molar-refractivity contribution < 1.29 is 23.4 Å². The van der Waals surface area contributed by atoms with E-state index in [0.29, 0.717) is 10.9 Å².